The van der Waals surface area contributed by atoms with Gasteiger partial charge in [0.15, 0.2) is 6.23 Å². The quantitative estimate of drug-likeness (QED) is 0.766. The molecule has 2 saturated heterocycles. The molecule has 144 valence electrons. The third-order valence-corrected chi connectivity index (χ3v) is 5.46. The van der Waals surface area contributed by atoms with Crippen LogP contribution < -0.4 is 11.2 Å². The van der Waals surface area contributed by atoms with Crippen LogP contribution in [0, 0.1) is 6.92 Å². The number of hydrogen-bond acceptors (Lipinski definition) is 6. The molecule has 0 radical (unpaired) electrons. The minimum Gasteiger partial charge on any atom is -0.393 e. The number of likely N-dealkylation sites (N-methyl/N-ethyl adjacent to an activating group) is 1. The summed E-state index contributed by atoms with van der Waals surface area (Å²) in [6.07, 6.45) is 0.441. The van der Waals surface area contributed by atoms with Gasteiger partial charge in [-0.05, 0) is 19.5 Å². The van der Waals surface area contributed by atoms with Gasteiger partial charge in [0, 0.05) is 18.3 Å². The van der Waals surface area contributed by atoms with Crippen molar-refractivity contribution in [1.29, 1.82) is 0 Å². The number of morpholine rings is 1. The Hall–Kier alpha value is -2.26. The van der Waals surface area contributed by atoms with E-state index in [1.54, 1.807) is 6.92 Å². The number of nitrogens with zero attached hydrogens (tertiary/aromatic N) is 2. The number of hydrogen-bond donors (Lipinski definition) is 2. The molecule has 8 heteroatoms. The minimum absolute atomic E-state index is 0.221. The van der Waals surface area contributed by atoms with E-state index in [-0.39, 0.29) is 12.6 Å². The van der Waals surface area contributed by atoms with E-state index in [0.29, 0.717) is 18.7 Å². The van der Waals surface area contributed by atoms with Gasteiger partial charge in [0.25, 0.3) is 5.56 Å². The van der Waals surface area contributed by atoms with Crippen LogP contribution in [0.4, 0.5) is 0 Å². The van der Waals surface area contributed by atoms with Crippen molar-refractivity contribution in [3.8, 4) is 0 Å². The number of ether oxygens (including phenoxy) is 2. The lowest BCUT2D eigenvalue weighted by Crippen LogP contribution is -2.48. The molecule has 2 aromatic rings. The number of nitrogens with one attached hydrogen (secondary N) is 1. The Morgan fingerprint density at radius 3 is 2.78 bits per heavy atom. The van der Waals surface area contributed by atoms with Crippen LogP contribution in [0.1, 0.15) is 17.4 Å². The average molecular weight is 373 g/mol. The van der Waals surface area contributed by atoms with Gasteiger partial charge in [-0.3, -0.25) is 19.2 Å². The Balaban J connectivity index is 1.66. The van der Waals surface area contributed by atoms with Crippen molar-refractivity contribution in [1.82, 2.24) is 14.5 Å². The van der Waals surface area contributed by atoms with Crippen molar-refractivity contribution in [2.75, 3.05) is 20.2 Å². The number of aromatic amines is 1. The van der Waals surface area contributed by atoms with Crippen LogP contribution in [0.5, 0.6) is 0 Å². The molecule has 4 rings (SSSR count). The van der Waals surface area contributed by atoms with Crippen LogP contribution >= 0.6 is 0 Å². The monoisotopic (exact) mass is 373 g/mol. The first-order valence-electron chi connectivity index (χ1n) is 8.92. The molecular formula is C19H23N3O5. The molecule has 3 heterocycles. The maximum absolute atomic E-state index is 12.3. The van der Waals surface area contributed by atoms with Crippen LogP contribution in [0.2, 0.25) is 0 Å². The fourth-order valence-corrected chi connectivity index (χ4v) is 4.13. The second-order valence-electron chi connectivity index (χ2n) is 7.33. The number of fused-ring (bicyclic) bond motifs is 2. The SMILES string of the molecule is Cc1cn([C@@H]2O[C@@]3(CO)CN(C)[C@@H]2[C@@H]3OCc2ccccc2)c(=O)[nH]c1=O. The third-order valence-electron chi connectivity index (χ3n) is 5.46. The lowest BCUT2D eigenvalue weighted by molar-refractivity contribution is -0.157. The highest BCUT2D eigenvalue weighted by molar-refractivity contribution is 5.16. The molecule has 0 aliphatic carbocycles. The molecule has 0 spiro atoms. The Morgan fingerprint density at radius 2 is 2.07 bits per heavy atom. The summed E-state index contributed by atoms with van der Waals surface area (Å²) >= 11 is 0. The fourth-order valence-electron chi connectivity index (χ4n) is 4.13. The molecule has 2 N–H and O–H groups in total. The Bertz CT molecular complexity index is 940. The molecule has 0 unspecified atom stereocenters. The van der Waals surface area contributed by atoms with Gasteiger partial charge in [-0.25, -0.2) is 4.79 Å². The number of benzene rings is 1. The summed E-state index contributed by atoms with van der Waals surface area (Å²) < 4.78 is 13.7. The van der Waals surface area contributed by atoms with E-state index < -0.39 is 29.2 Å². The van der Waals surface area contributed by atoms with Crippen molar-refractivity contribution in [3.05, 3.63) is 68.5 Å². The van der Waals surface area contributed by atoms with E-state index in [1.807, 2.05) is 42.3 Å². The summed E-state index contributed by atoms with van der Waals surface area (Å²) in [5, 5.41) is 10.1. The maximum atomic E-state index is 12.3. The maximum Gasteiger partial charge on any atom is 0.330 e. The van der Waals surface area contributed by atoms with E-state index in [9.17, 15) is 14.7 Å². The lowest BCUT2D eigenvalue weighted by Gasteiger charge is -2.34. The van der Waals surface area contributed by atoms with Crippen molar-refractivity contribution >= 4 is 0 Å². The topological polar surface area (TPSA) is 96.8 Å². The van der Waals surface area contributed by atoms with Gasteiger partial charge in [-0.15, -0.1) is 0 Å². The molecule has 27 heavy (non-hydrogen) atoms. The van der Waals surface area contributed by atoms with Crippen LogP contribution in [0.25, 0.3) is 0 Å². The highest BCUT2D eigenvalue weighted by Crippen LogP contribution is 2.47. The van der Waals surface area contributed by atoms with Gasteiger partial charge in [-0.2, -0.15) is 0 Å². The molecule has 1 aromatic carbocycles. The first-order valence-corrected chi connectivity index (χ1v) is 8.92. The minimum atomic E-state index is -0.914. The number of aliphatic hydroxyl groups excluding tert-OH is 1. The van der Waals surface area contributed by atoms with Crippen LogP contribution in [0.3, 0.4) is 0 Å². The largest absolute Gasteiger partial charge is 0.393 e. The molecule has 2 aliphatic rings. The molecule has 1 aromatic heterocycles. The van der Waals surface area contributed by atoms with Crippen LogP contribution in [0.15, 0.2) is 46.1 Å². The van der Waals surface area contributed by atoms with E-state index in [2.05, 4.69) is 4.98 Å². The van der Waals surface area contributed by atoms with Crippen LogP contribution in [-0.4, -0.2) is 57.5 Å². The van der Waals surface area contributed by atoms with Crippen molar-refractivity contribution < 1.29 is 14.6 Å². The summed E-state index contributed by atoms with van der Waals surface area (Å²) in [4.78, 5) is 28.4. The normalized spacial score (nSPS) is 30.1. The number of aliphatic hydroxyl groups is 1. The predicted molar refractivity (Wildman–Crippen MR) is 97.4 cm³/mol. The average Bonchev–Trinajstić information content (AvgIpc) is 3.12. The number of aromatic nitrogens is 2. The Labute approximate surface area is 156 Å². The number of aryl methyl sites for hydroxylation is 1. The van der Waals surface area contributed by atoms with Crippen molar-refractivity contribution in [3.63, 3.8) is 0 Å². The second kappa shape index (κ2) is 6.72. The fraction of sp³-hybridized carbons (Fsp3) is 0.474. The van der Waals surface area contributed by atoms with Gasteiger partial charge >= 0.3 is 5.69 Å². The van der Waals surface area contributed by atoms with E-state index >= 15 is 0 Å². The third kappa shape index (κ3) is 2.94. The molecule has 0 saturated carbocycles. The highest BCUT2D eigenvalue weighted by Gasteiger charge is 2.64. The smallest absolute Gasteiger partial charge is 0.330 e. The molecule has 8 nitrogen and oxygen atoms in total. The first kappa shape index (κ1) is 18.1. The zero-order chi connectivity index (χ0) is 19.2. The second-order valence-corrected chi connectivity index (χ2v) is 7.33. The molecule has 2 fully saturated rings. The Kier molecular flexibility index (Phi) is 4.51. The van der Waals surface area contributed by atoms with Gasteiger partial charge in [0.05, 0.1) is 19.3 Å². The van der Waals surface area contributed by atoms with Crippen molar-refractivity contribution in [2.24, 2.45) is 0 Å². The molecule has 0 amide bonds. The highest BCUT2D eigenvalue weighted by atomic mass is 16.6. The van der Waals surface area contributed by atoms with Crippen molar-refractivity contribution in [2.45, 2.75) is 37.5 Å². The Morgan fingerprint density at radius 1 is 1.33 bits per heavy atom. The summed E-state index contributed by atoms with van der Waals surface area (Å²) in [7, 11) is 1.92. The van der Waals surface area contributed by atoms with E-state index in [0.717, 1.165) is 5.56 Å². The molecule has 2 aliphatic heterocycles. The summed E-state index contributed by atoms with van der Waals surface area (Å²) in [6.45, 7) is 2.30. The van der Waals surface area contributed by atoms with E-state index in [1.165, 1.54) is 10.8 Å². The number of rotatable bonds is 5. The number of likely N-dealkylation sites (tertiary alicyclic amines) is 1. The summed E-state index contributed by atoms with van der Waals surface area (Å²) in [5.41, 5.74) is -0.424. The molecule has 2 bridgehead atoms. The molecular weight excluding hydrogens is 350 g/mol. The number of H-pyrrole nitrogens is 1. The van der Waals surface area contributed by atoms with Gasteiger partial charge in [0.1, 0.15) is 11.7 Å². The summed E-state index contributed by atoms with van der Waals surface area (Å²) in [5.74, 6) is 0. The van der Waals surface area contributed by atoms with Gasteiger partial charge in [0.2, 0.25) is 0 Å². The zero-order valence-corrected chi connectivity index (χ0v) is 15.3. The summed E-state index contributed by atoms with van der Waals surface area (Å²) in [6, 6.07) is 9.51. The zero-order valence-electron chi connectivity index (χ0n) is 15.3. The van der Waals surface area contributed by atoms with E-state index in [4.69, 9.17) is 9.47 Å². The molecule has 4 atom stereocenters. The van der Waals surface area contributed by atoms with Gasteiger partial charge in [-0.1, -0.05) is 30.3 Å². The van der Waals surface area contributed by atoms with Gasteiger partial charge < -0.3 is 14.6 Å². The lowest BCUT2D eigenvalue weighted by atomic mass is 10.00. The van der Waals surface area contributed by atoms with Crippen LogP contribution in [-0.2, 0) is 16.1 Å². The predicted octanol–water partition coefficient (Wildman–Crippen LogP) is 0.00432. The standard InChI is InChI=1S/C19H23N3O5/c1-12-8-22(18(25)20-16(12)24)17-14-15(19(11-23,27-17)10-21(14)2)26-9-13-6-4-3-5-7-13/h3-8,14-15,17,23H,9-11H2,1-2H3,(H,20,24,25)/t14-,15+,17-,19-/m1/s1. The first-order chi connectivity index (χ1) is 12.9.